The lowest BCUT2D eigenvalue weighted by Gasteiger charge is -2.02. The van der Waals surface area contributed by atoms with Gasteiger partial charge in [-0.25, -0.2) is 9.97 Å². The first-order valence-electron chi connectivity index (χ1n) is 6.27. The van der Waals surface area contributed by atoms with Crippen LogP contribution in [0.3, 0.4) is 0 Å². The number of nitrogens with zero attached hydrogens (tertiary/aromatic N) is 3. The molecule has 2 heterocycles. The second-order valence-corrected chi connectivity index (χ2v) is 6.26. The number of Topliss-reactive ketones (excluding diaryl/α,β-unsaturated/α-hetero) is 1. The number of hydrogen-bond acceptors (Lipinski definition) is 7. The molecule has 8 heteroatoms. The number of carbonyl (C=O) groups excluding carboxylic acids is 2. The van der Waals surface area contributed by atoms with Gasteiger partial charge in [0.1, 0.15) is 11.1 Å². The van der Waals surface area contributed by atoms with E-state index in [1.165, 1.54) is 18.7 Å². The number of anilines is 1. The average molecular weight is 332 g/mol. The van der Waals surface area contributed by atoms with Crippen LogP contribution in [0.15, 0.2) is 23.6 Å². The number of hydrogen-bond donors (Lipinski definition) is 1. The van der Waals surface area contributed by atoms with Crippen LogP contribution < -0.4 is 5.32 Å². The Morgan fingerprint density at radius 2 is 2.09 bits per heavy atom. The molecule has 0 saturated heterocycles. The predicted octanol–water partition coefficient (Wildman–Crippen LogP) is 2.65. The topological polar surface area (TPSA) is 95.7 Å². The summed E-state index contributed by atoms with van der Waals surface area (Å²) >= 11 is 2.32. The molecule has 2 aromatic heterocycles. The van der Waals surface area contributed by atoms with Crippen LogP contribution in [0.25, 0.3) is 0 Å². The SMILES string of the molecule is CC(=O)c1sc(NC(=O)CSc2ncccn2)c(C#N)c1C. The zero-order chi connectivity index (χ0) is 16.1. The number of nitrogens with one attached hydrogen (secondary N) is 1. The van der Waals surface area contributed by atoms with Crippen molar-refractivity contribution in [1.82, 2.24) is 9.97 Å². The van der Waals surface area contributed by atoms with Crippen LogP contribution in [-0.4, -0.2) is 27.4 Å². The second-order valence-electron chi connectivity index (χ2n) is 4.30. The minimum Gasteiger partial charge on any atom is -0.316 e. The Labute approximate surface area is 135 Å². The molecule has 0 atom stereocenters. The van der Waals surface area contributed by atoms with Crippen molar-refractivity contribution in [2.75, 3.05) is 11.1 Å². The van der Waals surface area contributed by atoms with E-state index in [1.54, 1.807) is 25.4 Å². The Hall–Kier alpha value is -2.24. The van der Waals surface area contributed by atoms with Crippen molar-refractivity contribution in [2.45, 2.75) is 19.0 Å². The van der Waals surface area contributed by atoms with Gasteiger partial charge >= 0.3 is 0 Å². The highest BCUT2D eigenvalue weighted by molar-refractivity contribution is 7.99. The van der Waals surface area contributed by atoms with Gasteiger partial charge in [-0.2, -0.15) is 5.26 Å². The van der Waals surface area contributed by atoms with Gasteiger partial charge in [0, 0.05) is 12.4 Å². The molecule has 2 aromatic rings. The third kappa shape index (κ3) is 3.69. The van der Waals surface area contributed by atoms with Gasteiger partial charge < -0.3 is 5.32 Å². The van der Waals surface area contributed by atoms with Crippen molar-refractivity contribution in [3.8, 4) is 6.07 Å². The summed E-state index contributed by atoms with van der Waals surface area (Å²) in [6.45, 7) is 3.14. The van der Waals surface area contributed by atoms with Gasteiger partial charge in [-0.3, -0.25) is 9.59 Å². The van der Waals surface area contributed by atoms with E-state index in [0.29, 0.717) is 26.2 Å². The zero-order valence-corrected chi connectivity index (χ0v) is 13.5. The van der Waals surface area contributed by atoms with Crippen LogP contribution in [0.1, 0.15) is 27.7 Å². The Kier molecular flexibility index (Phi) is 5.25. The van der Waals surface area contributed by atoms with Crippen molar-refractivity contribution >= 4 is 39.8 Å². The van der Waals surface area contributed by atoms with E-state index in [0.717, 1.165) is 11.3 Å². The van der Waals surface area contributed by atoms with Crippen molar-refractivity contribution in [2.24, 2.45) is 0 Å². The first-order valence-corrected chi connectivity index (χ1v) is 8.07. The molecule has 0 spiro atoms. The molecular formula is C14H12N4O2S2. The third-order valence-corrected chi connectivity index (χ3v) is 4.89. The van der Waals surface area contributed by atoms with E-state index in [9.17, 15) is 14.9 Å². The lowest BCUT2D eigenvalue weighted by molar-refractivity contribution is -0.113. The molecule has 1 N–H and O–H groups in total. The van der Waals surface area contributed by atoms with Crippen LogP contribution in [-0.2, 0) is 4.79 Å². The lowest BCUT2D eigenvalue weighted by atomic mass is 10.1. The number of thiophene rings is 1. The number of aromatic nitrogens is 2. The summed E-state index contributed by atoms with van der Waals surface area (Å²) in [5.41, 5.74) is 0.943. The number of thioether (sulfide) groups is 1. The maximum Gasteiger partial charge on any atom is 0.235 e. The third-order valence-electron chi connectivity index (χ3n) is 2.71. The Morgan fingerprint density at radius 1 is 1.41 bits per heavy atom. The molecule has 0 unspecified atom stereocenters. The maximum atomic E-state index is 12.0. The molecule has 0 bridgehead atoms. The van der Waals surface area contributed by atoms with Crippen LogP contribution >= 0.6 is 23.1 Å². The van der Waals surface area contributed by atoms with Gasteiger partial charge in [0.2, 0.25) is 5.91 Å². The maximum absolute atomic E-state index is 12.0. The van der Waals surface area contributed by atoms with Crippen molar-refractivity contribution in [3.63, 3.8) is 0 Å². The molecule has 0 aromatic carbocycles. The van der Waals surface area contributed by atoms with E-state index in [4.69, 9.17) is 0 Å². The predicted molar refractivity (Wildman–Crippen MR) is 85.2 cm³/mol. The molecule has 2 rings (SSSR count). The highest BCUT2D eigenvalue weighted by atomic mass is 32.2. The second kappa shape index (κ2) is 7.15. The molecule has 112 valence electrons. The van der Waals surface area contributed by atoms with E-state index >= 15 is 0 Å². The van der Waals surface area contributed by atoms with Crippen LogP contribution in [0.5, 0.6) is 0 Å². The van der Waals surface area contributed by atoms with Crippen molar-refractivity contribution in [1.29, 1.82) is 5.26 Å². The quantitative estimate of drug-likeness (QED) is 0.514. The number of carbonyl (C=O) groups is 2. The van der Waals surface area contributed by atoms with E-state index in [1.807, 2.05) is 6.07 Å². The van der Waals surface area contributed by atoms with E-state index in [2.05, 4.69) is 15.3 Å². The fraction of sp³-hybridized carbons (Fsp3) is 0.214. The molecule has 0 aliphatic heterocycles. The summed E-state index contributed by atoms with van der Waals surface area (Å²) in [5.74, 6) is -0.266. The standard InChI is InChI=1S/C14H12N4O2S2/c1-8-10(6-15)13(22-12(8)9(2)19)18-11(20)7-21-14-16-4-3-5-17-14/h3-5H,7H2,1-2H3,(H,18,20). The van der Waals surface area contributed by atoms with Crippen molar-refractivity contribution < 1.29 is 9.59 Å². The summed E-state index contributed by atoms with van der Waals surface area (Å²) in [5, 5.41) is 12.8. The first kappa shape index (κ1) is 16.1. The fourth-order valence-electron chi connectivity index (χ4n) is 1.72. The van der Waals surface area contributed by atoms with Crippen molar-refractivity contribution in [3.05, 3.63) is 34.5 Å². The molecule has 22 heavy (non-hydrogen) atoms. The minimum absolute atomic E-state index is 0.119. The highest BCUT2D eigenvalue weighted by Crippen LogP contribution is 2.32. The van der Waals surface area contributed by atoms with Crippen LogP contribution in [0.4, 0.5) is 5.00 Å². The first-order chi connectivity index (χ1) is 10.5. The van der Waals surface area contributed by atoms with E-state index < -0.39 is 0 Å². The molecule has 0 saturated carbocycles. The Morgan fingerprint density at radius 3 is 2.68 bits per heavy atom. The summed E-state index contributed by atoms with van der Waals surface area (Å²) < 4.78 is 0. The van der Waals surface area contributed by atoms with E-state index in [-0.39, 0.29) is 17.4 Å². The molecular weight excluding hydrogens is 320 g/mol. The highest BCUT2D eigenvalue weighted by Gasteiger charge is 2.19. The molecule has 6 nitrogen and oxygen atoms in total. The van der Waals surface area contributed by atoms with Gasteiger partial charge in [0.25, 0.3) is 0 Å². The number of nitriles is 1. The number of rotatable bonds is 5. The monoisotopic (exact) mass is 332 g/mol. The number of amides is 1. The van der Waals surface area contributed by atoms with Gasteiger partial charge in [0.15, 0.2) is 10.9 Å². The minimum atomic E-state index is -0.273. The zero-order valence-electron chi connectivity index (χ0n) is 11.9. The summed E-state index contributed by atoms with van der Waals surface area (Å²) in [6.07, 6.45) is 3.20. The molecule has 0 fully saturated rings. The Balaban J connectivity index is 2.07. The molecule has 0 aliphatic rings. The van der Waals surface area contributed by atoms with Crippen LogP contribution in [0, 0.1) is 18.3 Å². The Bertz CT molecular complexity index is 750. The normalized spacial score (nSPS) is 10.0. The number of ketones is 1. The van der Waals surface area contributed by atoms with Gasteiger partial charge in [0.05, 0.1) is 16.2 Å². The van der Waals surface area contributed by atoms with Gasteiger partial charge in [-0.15, -0.1) is 11.3 Å². The van der Waals surface area contributed by atoms with Crippen LogP contribution in [0.2, 0.25) is 0 Å². The van der Waals surface area contributed by atoms with Gasteiger partial charge in [-0.05, 0) is 25.5 Å². The fourth-order valence-corrected chi connectivity index (χ4v) is 3.40. The average Bonchev–Trinajstić information content (AvgIpc) is 2.82. The summed E-state index contributed by atoms with van der Waals surface area (Å²) in [6, 6.07) is 3.73. The smallest absolute Gasteiger partial charge is 0.235 e. The molecule has 1 amide bonds. The van der Waals surface area contributed by atoms with Gasteiger partial charge in [-0.1, -0.05) is 11.8 Å². The molecule has 0 aliphatic carbocycles. The largest absolute Gasteiger partial charge is 0.316 e. The lowest BCUT2D eigenvalue weighted by Crippen LogP contribution is -2.14. The summed E-state index contributed by atoms with van der Waals surface area (Å²) in [7, 11) is 0. The molecule has 0 radical (unpaired) electrons. The summed E-state index contributed by atoms with van der Waals surface area (Å²) in [4.78, 5) is 32.0.